The van der Waals surface area contributed by atoms with E-state index >= 15 is 0 Å². The predicted octanol–water partition coefficient (Wildman–Crippen LogP) is 1.99. The highest BCUT2D eigenvalue weighted by molar-refractivity contribution is 5.44. The third kappa shape index (κ3) is 2.74. The predicted molar refractivity (Wildman–Crippen MR) is 83.9 cm³/mol. The lowest BCUT2D eigenvalue weighted by atomic mass is 10.0. The van der Waals surface area contributed by atoms with Gasteiger partial charge in [-0.15, -0.1) is 0 Å². The summed E-state index contributed by atoms with van der Waals surface area (Å²) in [6.07, 6.45) is 4.38. The van der Waals surface area contributed by atoms with Crippen LogP contribution in [0.4, 0.5) is 0 Å². The molecule has 0 aliphatic carbocycles. The third-order valence-electron chi connectivity index (χ3n) is 4.40. The molecule has 0 radical (unpaired) electrons. The zero-order valence-corrected chi connectivity index (χ0v) is 13.6. The van der Waals surface area contributed by atoms with Crippen LogP contribution in [-0.2, 0) is 18.3 Å². The van der Waals surface area contributed by atoms with E-state index in [2.05, 4.69) is 27.5 Å². The van der Waals surface area contributed by atoms with Crippen LogP contribution in [0, 0.1) is 6.92 Å². The van der Waals surface area contributed by atoms with Crippen LogP contribution in [0.25, 0.3) is 11.6 Å². The van der Waals surface area contributed by atoms with Crippen molar-refractivity contribution in [3.63, 3.8) is 0 Å². The maximum Gasteiger partial charge on any atom is 0.241 e. The summed E-state index contributed by atoms with van der Waals surface area (Å²) < 4.78 is 18.3. The van der Waals surface area contributed by atoms with Crippen LogP contribution in [0.3, 0.4) is 0 Å². The van der Waals surface area contributed by atoms with Crippen LogP contribution >= 0.6 is 0 Å². The lowest BCUT2D eigenvalue weighted by molar-refractivity contribution is 0.0973. The molecule has 1 aliphatic heterocycles. The van der Waals surface area contributed by atoms with Gasteiger partial charge in [-0.3, -0.25) is 4.68 Å². The van der Waals surface area contributed by atoms with Crippen molar-refractivity contribution in [2.45, 2.75) is 32.0 Å². The van der Waals surface area contributed by atoms with E-state index < -0.39 is 0 Å². The molecular weight excluding hydrogens is 310 g/mol. The van der Waals surface area contributed by atoms with Crippen LogP contribution < -0.4 is 5.32 Å². The van der Waals surface area contributed by atoms with Crippen LogP contribution in [0.1, 0.15) is 29.7 Å². The first-order valence-corrected chi connectivity index (χ1v) is 7.92. The summed E-state index contributed by atoms with van der Waals surface area (Å²) in [5, 5.41) is 11.7. The monoisotopic (exact) mass is 329 g/mol. The van der Waals surface area contributed by atoms with Gasteiger partial charge < -0.3 is 19.0 Å². The number of hydrogen-bond donors (Lipinski definition) is 1. The van der Waals surface area contributed by atoms with Gasteiger partial charge in [0.15, 0.2) is 5.76 Å². The van der Waals surface area contributed by atoms with E-state index in [0.29, 0.717) is 24.0 Å². The Balaban J connectivity index is 1.43. The zero-order valence-electron chi connectivity index (χ0n) is 13.6. The lowest BCUT2D eigenvalue weighted by Crippen LogP contribution is -2.31. The number of furan rings is 1. The van der Waals surface area contributed by atoms with E-state index in [-0.39, 0.29) is 12.1 Å². The second kappa shape index (κ2) is 6.21. The lowest BCUT2D eigenvalue weighted by Gasteiger charge is -2.19. The van der Waals surface area contributed by atoms with Gasteiger partial charge in [0.1, 0.15) is 6.10 Å². The van der Waals surface area contributed by atoms with E-state index in [1.165, 1.54) is 0 Å². The molecule has 4 rings (SSSR count). The fourth-order valence-electron chi connectivity index (χ4n) is 2.95. The highest BCUT2D eigenvalue weighted by atomic mass is 16.5. The summed E-state index contributed by atoms with van der Waals surface area (Å²) in [6, 6.07) is 3.78. The number of nitrogens with zero attached hydrogens (tertiary/aromatic N) is 4. The topological polar surface area (TPSA) is 91.1 Å². The zero-order chi connectivity index (χ0) is 16.5. The first kappa shape index (κ1) is 15.1. The van der Waals surface area contributed by atoms with Crippen molar-refractivity contribution in [2.75, 3.05) is 6.61 Å². The largest absolute Gasteiger partial charge is 0.461 e. The maximum atomic E-state index is 5.90. The number of rotatable bonds is 5. The second-order valence-electron chi connectivity index (χ2n) is 5.87. The standard InChI is InChI=1S/C16H19N5O3/c1-10-11(8-18-21(10)2)15-12(5-7-23-15)17-9-14-19-16(20-24-14)13-4-3-6-22-13/h3-4,6,8,12,15,17H,5,7,9H2,1-2H3/t12-,15+/m0/s1. The van der Waals surface area contributed by atoms with Crippen molar-refractivity contribution in [2.24, 2.45) is 7.05 Å². The molecule has 0 bridgehead atoms. The quantitative estimate of drug-likeness (QED) is 0.765. The van der Waals surface area contributed by atoms with Gasteiger partial charge in [-0.25, -0.2) is 0 Å². The molecule has 0 unspecified atom stereocenters. The molecule has 3 aromatic rings. The van der Waals surface area contributed by atoms with Gasteiger partial charge in [0.05, 0.1) is 19.0 Å². The Morgan fingerprint density at radius 3 is 3.08 bits per heavy atom. The number of hydrogen-bond acceptors (Lipinski definition) is 7. The molecule has 1 N–H and O–H groups in total. The average Bonchev–Trinajstić information content (AvgIpc) is 3.34. The minimum atomic E-state index is -0.00818. The summed E-state index contributed by atoms with van der Waals surface area (Å²) in [7, 11) is 1.94. The Morgan fingerprint density at radius 1 is 1.42 bits per heavy atom. The van der Waals surface area contributed by atoms with Crippen molar-refractivity contribution in [3.05, 3.63) is 41.7 Å². The molecule has 0 aromatic carbocycles. The van der Waals surface area contributed by atoms with Crippen LogP contribution in [-0.4, -0.2) is 32.6 Å². The average molecular weight is 329 g/mol. The molecule has 1 saturated heterocycles. The van der Waals surface area contributed by atoms with E-state index in [1.807, 2.05) is 17.9 Å². The summed E-state index contributed by atoms with van der Waals surface area (Å²) >= 11 is 0. The highest BCUT2D eigenvalue weighted by Gasteiger charge is 2.32. The minimum Gasteiger partial charge on any atom is -0.461 e. The molecule has 8 nitrogen and oxygen atoms in total. The van der Waals surface area contributed by atoms with Crippen molar-refractivity contribution in [3.8, 4) is 11.6 Å². The Kier molecular flexibility index (Phi) is 3.91. The summed E-state index contributed by atoms with van der Waals surface area (Å²) in [5.41, 5.74) is 2.24. The number of nitrogens with one attached hydrogen (secondary N) is 1. The van der Waals surface area contributed by atoms with E-state index in [1.54, 1.807) is 18.4 Å². The van der Waals surface area contributed by atoms with Gasteiger partial charge in [-0.05, 0) is 25.5 Å². The van der Waals surface area contributed by atoms with Crippen LogP contribution in [0.2, 0.25) is 0 Å². The van der Waals surface area contributed by atoms with Gasteiger partial charge in [0.25, 0.3) is 0 Å². The summed E-state index contributed by atoms with van der Waals surface area (Å²) in [6.45, 7) is 3.25. The normalized spacial score (nSPS) is 20.8. The smallest absolute Gasteiger partial charge is 0.241 e. The Labute approximate surface area is 138 Å². The molecule has 24 heavy (non-hydrogen) atoms. The first-order valence-electron chi connectivity index (χ1n) is 7.92. The molecule has 0 spiro atoms. The number of aromatic nitrogens is 4. The molecule has 1 aliphatic rings. The van der Waals surface area contributed by atoms with E-state index in [9.17, 15) is 0 Å². The van der Waals surface area contributed by atoms with Gasteiger partial charge in [-0.1, -0.05) is 5.16 Å². The Hall–Kier alpha value is -2.45. The molecule has 4 heterocycles. The van der Waals surface area contributed by atoms with Gasteiger partial charge in [0, 0.05) is 31.0 Å². The van der Waals surface area contributed by atoms with Crippen molar-refractivity contribution < 1.29 is 13.7 Å². The maximum absolute atomic E-state index is 5.90. The van der Waals surface area contributed by atoms with Gasteiger partial charge in [-0.2, -0.15) is 10.1 Å². The molecule has 2 atom stereocenters. The molecule has 1 fully saturated rings. The number of aryl methyl sites for hydroxylation is 1. The molecular formula is C16H19N5O3. The minimum absolute atomic E-state index is 0.00818. The van der Waals surface area contributed by atoms with Crippen LogP contribution in [0.5, 0.6) is 0 Å². The van der Waals surface area contributed by atoms with Crippen molar-refractivity contribution in [1.82, 2.24) is 25.2 Å². The molecule has 0 amide bonds. The third-order valence-corrected chi connectivity index (χ3v) is 4.40. The fourth-order valence-corrected chi connectivity index (χ4v) is 2.95. The molecule has 8 heteroatoms. The molecule has 3 aromatic heterocycles. The number of ether oxygens (including phenoxy) is 1. The molecule has 126 valence electrons. The highest BCUT2D eigenvalue weighted by Crippen LogP contribution is 2.31. The second-order valence-corrected chi connectivity index (χ2v) is 5.87. The Bertz CT molecular complexity index is 808. The summed E-state index contributed by atoms with van der Waals surface area (Å²) in [5.74, 6) is 1.58. The van der Waals surface area contributed by atoms with Crippen LogP contribution in [0.15, 0.2) is 33.5 Å². The van der Waals surface area contributed by atoms with E-state index in [0.717, 1.165) is 24.3 Å². The SMILES string of the molecule is Cc1c([C@H]2OCC[C@@H]2NCc2nc(-c3ccco3)no2)cnn1C. The van der Waals surface area contributed by atoms with E-state index in [4.69, 9.17) is 13.7 Å². The first-order chi connectivity index (χ1) is 11.7. The molecule has 0 saturated carbocycles. The fraction of sp³-hybridized carbons (Fsp3) is 0.438. The Morgan fingerprint density at radius 2 is 2.33 bits per heavy atom. The van der Waals surface area contributed by atoms with Crippen molar-refractivity contribution in [1.29, 1.82) is 0 Å². The summed E-state index contributed by atoms with van der Waals surface area (Å²) in [4.78, 5) is 4.34. The van der Waals surface area contributed by atoms with Gasteiger partial charge in [0.2, 0.25) is 11.7 Å². The van der Waals surface area contributed by atoms with Gasteiger partial charge >= 0.3 is 0 Å². The van der Waals surface area contributed by atoms with Crippen molar-refractivity contribution >= 4 is 0 Å².